The molecule has 1 aliphatic heterocycles. The molecular weight excluding hydrogens is 471 g/mol. The Kier molecular flexibility index (Phi) is 6.42. The Morgan fingerprint density at radius 2 is 1.59 bits per heavy atom. The second-order valence-corrected chi connectivity index (χ2v) is 9.18. The molecule has 1 amide bonds. The number of hydrogen-bond donors (Lipinski definition) is 1. The lowest BCUT2D eigenvalue weighted by Crippen LogP contribution is -2.31. The number of amides is 1. The number of aromatic nitrogens is 1. The highest BCUT2D eigenvalue weighted by Gasteiger charge is 2.30. The van der Waals surface area contributed by atoms with Crippen molar-refractivity contribution in [3.8, 4) is 11.5 Å². The van der Waals surface area contributed by atoms with Crippen LogP contribution in [0.3, 0.4) is 0 Å². The van der Waals surface area contributed by atoms with Crippen molar-refractivity contribution in [2.24, 2.45) is 0 Å². The monoisotopic (exact) mass is 490 g/mol. The number of H-pyrrole nitrogens is 1. The molecule has 0 fully saturated rings. The van der Waals surface area contributed by atoms with Crippen molar-refractivity contribution >= 4 is 40.9 Å². The van der Waals surface area contributed by atoms with Gasteiger partial charge in [0.1, 0.15) is 5.56 Å². The zero-order valence-electron chi connectivity index (χ0n) is 17.6. The second-order valence-electron chi connectivity index (χ2n) is 7.31. The zero-order valence-corrected chi connectivity index (χ0v) is 20.0. The second kappa shape index (κ2) is 9.10. The molecule has 0 atom stereocenters. The number of hydrogen-bond acceptors (Lipinski definition) is 5. The van der Waals surface area contributed by atoms with E-state index in [2.05, 4.69) is 4.98 Å². The molecule has 0 radical (unpaired) electrons. The quantitative estimate of drug-likeness (QED) is 0.524. The summed E-state index contributed by atoms with van der Waals surface area (Å²) in [5.74, 6) is 0.822. The van der Waals surface area contributed by atoms with Crippen LogP contribution in [0.4, 0.5) is 0 Å². The molecule has 0 aliphatic carbocycles. The number of aromatic amines is 1. The van der Waals surface area contributed by atoms with E-state index in [1.165, 1.54) is 11.8 Å². The molecule has 0 bridgehead atoms. The molecule has 4 rings (SSSR count). The van der Waals surface area contributed by atoms with Crippen LogP contribution in [0.15, 0.2) is 51.0 Å². The molecule has 3 aromatic rings. The van der Waals surface area contributed by atoms with Gasteiger partial charge in [-0.2, -0.15) is 0 Å². The SMILES string of the molecule is COc1cc2c(cc1OC)CN(C(=O)c1c(Sc3c(Cl)cccc3Cl)cc(C)[nH]c1=O)C2. The van der Waals surface area contributed by atoms with Gasteiger partial charge in [0, 0.05) is 28.6 Å². The maximum Gasteiger partial charge on any atom is 0.262 e. The summed E-state index contributed by atoms with van der Waals surface area (Å²) in [5.41, 5.74) is 2.14. The lowest BCUT2D eigenvalue weighted by atomic mass is 10.1. The molecule has 0 spiro atoms. The van der Waals surface area contributed by atoms with Crippen LogP contribution in [-0.2, 0) is 13.1 Å². The first-order valence-electron chi connectivity index (χ1n) is 9.71. The third-order valence-corrected chi connectivity index (χ3v) is 7.23. The number of benzene rings is 2. The molecule has 0 saturated heterocycles. The molecule has 1 aliphatic rings. The predicted molar refractivity (Wildman–Crippen MR) is 126 cm³/mol. The van der Waals surface area contributed by atoms with Crippen LogP contribution in [0.2, 0.25) is 10.0 Å². The van der Waals surface area contributed by atoms with Gasteiger partial charge in [-0.25, -0.2) is 0 Å². The van der Waals surface area contributed by atoms with Gasteiger partial charge in [-0.1, -0.05) is 41.0 Å². The minimum Gasteiger partial charge on any atom is -0.493 e. The fourth-order valence-corrected chi connectivity index (χ4v) is 5.36. The number of pyridine rings is 1. The third-order valence-electron chi connectivity index (χ3n) is 5.19. The highest BCUT2D eigenvalue weighted by molar-refractivity contribution is 7.99. The van der Waals surface area contributed by atoms with Crippen molar-refractivity contribution in [2.45, 2.75) is 29.8 Å². The number of aryl methyl sites for hydroxylation is 1. The van der Waals surface area contributed by atoms with E-state index >= 15 is 0 Å². The smallest absolute Gasteiger partial charge is 0.262 e. The molecule has 0 unspecified atom stereocenters. The number of methoxy groups -OCH3 is 2. The molecule has 0 saturated carbocycles. The highest BCUT2D eigenvalue weighted by atomic mass is 35.5. The normalized spacial score (nSPS) is 12.6. The van der Waals surface area contributed by atoms with Gasteiger partial charge in [-0.15, -0.1) is 0 Å². The summed E-state index contributed by atoms with van der Waals surface area (Å²) in [6, 6.07) is 10.7. The maximum absolute atomic E-state index is 13.5. The topological polar surface area (TPSA) is 71.6 Å². The van der Waals surface area contributed by atoms with Crippen molar-refractivity contribution in [2.75, 3.05) is 14.2 Å². The first kappa shape index (κ1) is 22.6. The van der Waals surface area contributed by atoms with E-state index in [9.17, 15) is 9.59 Å². The van der Waals surface area contributed by atoms with E-state index in [4.69, 9.17) is 32.7 Å². The van der Waals surface area contributed by atoms with Crippen LogP contribution in [0, 0.1) is 6.92 Å². The lowest BCUT2D eigenvalue weighted by Gasteiger charge is -2.18. The molecule has 1 aromatic heterocycles. The third kappa shape index (κ3) is 4.20. The standard InChI is InChI=1S/C23H20Cl2N2O4S/c1-12-7-19(32-21-15(24)5-4-6-16(21)25)20(22(28)26-12)23(29)27-10-13-8-17(30-2)18(31-3)9-14(13)11-27/h4-9H,10-11H2,1-3H3,(H,26,28). The summed E-state index contributed by atoms with van der Waals surface area (Å²) >= 11 is 13.9. The van der Waals surface area contributed by atoms with Crippen LogP contribution < -0.4 is 15.0 Å². The summed E-state index contributed by atoms with van der Waals surface area (Å²) in [5, 5.41) is 0.901. The number of carbonyl (C=O) groups is 1. The van der Waals surface area contributed by atoms with Crippen LogP contribution in [0.25, 0.3) is 0 Å². The van der Waals surface area contributed by atoms with Gasteiger partial charge < -0.3 is 19.4 Å². The average Bonchev–Trinajstić information content (AvgIpc) is 3.17. The van der Waals surface area contributed by atoms with Crippen LogP contribution in [0.1, 0.15) is 27.2 Å². The van der Waals surface area contributed by atoms with Gasteiger partial charge in [0.05, 0.1) is 24.3 Å². The number of fused-ring (bicyclic) bond motifs is 1. The number of rotatable bonds is 5. The first-order valence-corrected chi connectivity index (χ1v) is 11.3. The number of ether oxygens (including phenoxy) is 2. The molecular formula is C23H20Cl2N2O4S. The minimum atomic E-state index is -0.452. The van der Waals surface area contributed by atoms with Gasteiger partial charge in [-0.3, -0.25) is 9.59 Å². The largest absolute Gasteiger partial charge is 0.493 e. The van der Waals surface area contributed by atoms with Crippen LogP contribution in [0.5, 0.6) is 11.5 Å². The molecule has 166 valence electrons. The van der Waals surface area contributed by atoms with Crippen molar-refractivity contribution in [3.63, 3.8) is 0 Å². The van der Waals surface area contributed by atoms with Gasteiger partial charge in [-0.05, 0) is 48.4 Å². The summed E-state index contributed by atoms with van der Waals surface area (Å²) in [6.45, 7) is 2.48. The summed E-state index contributed by atoms with van der Waals surface area (Å²) < 4.78 is 10.7. The molecule has 9 heteroatoms. The Bertz CT molecular complexity index is 1220. The maximum atomic E-state index is 13.5. The van der Waals surface area contributed by atoms with Crippen molar-refractivity contribution in [1.82, 2.24) is 9.88 Å². The van der Waals surface area contributed by atoms with Crippen LogP contribution in [-0.4, -0.2) is 30.0 Å². The predicted octanol–water partition coefficient (Wildman–Crippen LogP) is 5.31. The first-order chi connectivity index (χ1) is 15.3. The van der Waals surface area contributed by atoms with E-state index in [1.54, 1.807) is 50.3 Å². The average molecular weight is 491 g/mol. The fraction of sp³-hybridized carbons (Fsp3) is 0.217. The Morgan fingerprint density at radius 3 is 2.12 bits per heavy atom. The van der Waals surface area contributed by atoms with E-state index in [0.29, 0.717) is 50.1 Å². The Labute approximate surface area is 199 Å². The fourth-order valence-electron chi connectivity index (χ4n) is 3.66. The Hall–Kier alpha value is -2.61. The summed E-state index contributed by atoms with van der Waals surface area (Å²) in [4.78, 5) is 31.8. The van der Waals surface area contributed by atoms with Crippen molar-refractivity contribution in [3.05, 3.63) is 79.2 Å². The van der Waals surface area contributed by atoms with E-state index in [0.717, 1.165) is 11.1 Å². The molecule has 2 aromatic carbocycles. The molecule has 1 N–H and O–H groups in total. The number of nitrogens with one attached hydrogen (secondary N) is 1. The molecule has 6 nitrogen and oxygen atoms in total. The number of carbonyl (C=O) groups excluding carboxylic acids is 1. The zero-order chi connectivity index (χ0) is 23.0. The van der Waals surface area contributed by atoms with Gasteiger partial charge in [0.2, 0.25) is 0 Å². The van der Waals surface area contributed by atoms with Crippen molar-refractivity contribution < 1.29 is 14.3 Å². The molecule has 2 heterocycles. The van der Waals surface area contributed by atoms with Crippen LogP contribution >= 0.6 is 35.0 Å². The van der Waals surface area contributed by atoms with E-state index in [1.807, 2.05) is 12.1 Å². The Morgan fingerprint density at radius 1 is 1.03 bits per heavy atom. The van der Waals surface area contributed by atoms with Gasteiger partial charge >= 0.3 is 0 Å². The highest BCUT2D eigenvalue weighted by Crippen LogP contribution is 2.40. The van der Waals surface area contributed by atoms with E-state index < -0.39 is 5.56 Å². The lowest BCUT2D eigenvalue weighted by molar-refractivity contribution is 0.0746. The van der Waals surface area contributed by atoms with E-state index in [-0.39, 0.29) is 11.5 Å². The summed E-state index contributed by atoms with van der Waals surface area (Å²) in [6.07, 6.45) is 0. The minimum absolute atomic E-state index is 0.0586. The van der Waals surface area contributed by atoms with Gasteiger partial charge in [0.15, 0.2) is 11.5 Å². The number of nitrogens with zero attached hydrogens (tertiary/aromatic N) is 1. The van der Waals surface area contributed by atoms with Gasteiger partial charge in [0.25, 0.3) is 11.5 Å². The molecule has 32 heavy (non-hydrogen) atoms. The van der Waals surface area contributed by atoms with Crippen molar-refractivity contribution in [1.29, 1.82) is 0 Å². The number of halogens is 2. The summed E-state index contributed by atoms with van der Waals surface area (Å²) in [7, 11) is 3.13. The Balaban J connectivity index is 1.71.